The largest absolute Gasteiger partial charge is 0.490 e. The number of rotatable bonds is 13. The predicted octanol–water partition coefficient (Wildman–Crippen LogP) is 8.43. The van der Waals surface area contributed by atoms with Crippen LogP contribution in [0, 0.1) is 6.92 Å². The van der Waals surface area contributed by atoms with Gasteiger partial charge in [0.25, 0.3) is 5.91 Å². The molecule has 44 heavy (non-hydrogen) atoms. The number of anilines is 2. The molecule has 0 fully saturated rings. The molecule has 1 unspecified atom stereocenters. The third kappa shape index (κ3) is 7.22. The first-order valence-corrected chi connectivity index (χ1v) is 16.3. The molecule has 0 saturated heterocycles. The molecule has 0 bridgehead atoms. The van der Waals surface area contributed by atoms with E-state index < -0.39 is 6.04 Å². The Morgan fingerprint density at radius 2 is 1.82 bits per heavy atom. The summed E-state index contributed by atoms with van der Waals surface area (Å²) >= 11 is 7.89. The normalized spacial score (nSPS) is 14.2. The highest BCUT2D eigenvalue weighted by Crippen LogP contribution is 2.40. The molecule has 1 aliphatic heterocycles. The number of benzene rings is 3. The molecule has 10 heteroatoms. The van der Waals surface area contributed by atoms with Gasteiger partial charge in [-0.15, -0.1) is 5.10 Å². The van der Waals surface area contributed by atoms with E-state index in [0.717, 1.165) is 41.6 Å². The number of hydrogen-bond donors (Lipinski definition) is 2. The van der Waals surface area contributed by atoms with Gasteiger partial charge in [-0.05, 0) is 68.1 Å². The second-order valence-corrected chi connectivity index (χ2v) is 11.9. The summed E-state index contributed by atoms with van der Waals surface area (Å²) in [6.07, 6.45) is 3.20. The number of allylic oxidation sites excluding steroid dienone is 1. The van der Waals surface area contributed by atoms with Crippen LogP contribution >= 0.6 is 23.4 Å². The molecule has 230 valence electrons. The fraction of sp³-hybridized carbons (Fsp3) is 0.324. The fourth-order valence-electron chi connectivity index (χ4n) is 5.07. The van der Waals surface area contributed by atoms with Crippen LogP contribution in [0.25, 0.3) is 0 Å². The van der Waals surface area contributed by atoms with E-state index in [1.165, 1.54) is 11.8 Å². The van der Waals surface area contributed by atoms with Gasteiger partial charge in [-0.3, -0.25) is 4.79 Å². The van der Waals surface area contributed by atoms with Crippen molar-refractivity contribution in [2.75, 3.05) is 23.8 Å². The maximum absolute atomic E-state index is 14.0. The number of halogens is 1. The van der Waals surface area contributed by atoms with Crippen molar-refractivity contribution in [3.63, 3.8) is 0 Å². The Kier molecular flexibility index (Phi) is 10.5. The van der Waals surface area contributed by atoms with Gasteiger partial charge in [-0.2, -0.15) is 4.98 Å². The van der Waals surface area contributed by atoms with E-state index >= 15 is 0 Å². The van der Waals surface area contributed by atoms with E-state index in [-0.39, 0.29) is 5.91 Å². The van der Waals surface area contributed by atoms with Crippen LogP contribution in [-0.2, 0) is 10.5 Å². The molecule has 0 spiro atoms. The standard InChI is InChI=1S/C34H38ClN5O3S/c1-5-7-12-19-43-28-18-17-24(20-29(28)42-6-2)31-30(32(41)37-27-16-11-8-13-22(27)3)23(4)36-33-38-34(39-40(31)33)44-21-25-14-9-10-15-26(25)35/h8-11,13-18,20,31H,5-7,12,19,21H2,1-4H3,(H,37,41)(H,36,38,39). The Balaban J connectivity index is 1.52. The minimum absolute atomic E-state index is 0.224. The number of ether oxygens (including phenoxy) is 2. The summed E-state index contributed by atoms with van der Waals surface area (Å²) in [5.41, 5.74) is 4.79. The number of carbonyl (C=O) groups excluding carboxylic acids is 1. The molecule has 1 atom stereocenters. The third-order valence-corrected chi connectivity index (χ3v) is 8.63. The van der Waals surface area contributed by atoms with Crippen LogP contribution in [0.15, 0.2) is 83.2 Å². The van der Waals surface area contributed by atoms with Crippen LogP contribution in [-0.4, -0.2) is 33.9 Å². The number of carbonyl (C=O) groups is 1. The lowest BCUT2D eigenvalue weighted by Gasteiger charge is -2.29. The first kappa shape index (κ1) is 31.5. The van der Waals surface area contributed by atoms with Gasteiger partial charge in [0.05, 0.1) is 18.8 Å². The molecule has 0 saturated carbocycles. The van der Waals surface area contributed by atoms with Crippen molar-refractivity contribution in [1.29, 1.82) is 0 Å². The zero-order chi connectivity index (χ0) is 31.1. The average Bonchev–Trinajstić information content (AvgIpc) is 3.42. The lowest BCUT2D eigenvalue weighted by molar-refractivity contribution is -0.113. The lowest BCUT2D eigenvalue weighted by Crippen LogP contribution is -2.31. The van der Waals surface area contributed by atoms with Gasteiger partial charge in [-0.25, -0.2) is 4.68 Å². The van der Waals surface area contributed by atoms with Gasteiger partial charge in [0.2, 0.25) is 11.1 Å². The van der Waals surface area contributed by atoms with Gasteiger partial charge in [0, 0.05) is 22.2 Å². The van der Waals surface area contributed by atoms with Gasteiger partial charge >= 0.3 is 0 Å². The number of thioether (sulfide) groups is 1. The number of amides is 1. The summed E-state index contributed by atoms with van der Waals surface area (Å²) in [5.74, 6) is 2.26. The Morgan fingerprint density at radius 3 is 2.59 bits per heavy atom. The van der Waals surface area contributed by atoms with Crippen molar-refractivity contribution in [3.8, 4) is 11.5 Å². The van der Waals surface area contributed by atoms with Gasteiger partial charge in [0.1, 0.15) is 6.04 Å². The molecule has 2 N–H and O–H groups in total. The highest BCUT2D eigenvalue weighted by Gasteiger charge is 2.35. The summed E-state index contributed by atoms with van der Waals surface area (Å²) in [6.45, 7) is 9.07. The number of aromatic nitrogens is 3. The smallest absolute Gasteiger partial charge is 0.255 e. The summed E-state index contributed by atoms with van der Waals surface area (Å²) < 4.78 is 13.9. The molecule has 3 aromatic carbocycles. The van der Waals surface area contributed by atoms with E-state index in [1.807, 2.05) is 87.5 Å². The molecular formula is C34H38ClN5O3S. The molecule has 1 aliphatic rings. The Bertz CT molecular complexity index is 1650. The maximum atomic E-state index is 14.0. The number of para-hydroxylation sites is 1. The van der Waals surface area contributed by atoms with Crippen molar-refractivity contribution >= 4 is 40.9 Å². The molecule has 5 rings (SSSR count). The first-order chi connectivity index (χ1) is 21.4. The van der Waals surface area contributed by atoms with Crippen LogP contribution in [0.5, 0.6) is 11.5 Å². The van der Waals surface area contributed by atoms with Crippen molar-refractivity contribution in [1.82, 2.24) is 14.8 Å². The summed E-state index contributed by atoms with van der Waals surface area (Å²) in [7, 11) is 0. The summed E-state index contributed by atoms with van der Waals surface area (Å²) in [5, 5.41) is 12.6. The fourth-order valence-corrected chi connectivity index (χ4v) is 6.19. The van der Waals surface area contributed by atoms with E-state index in [1.54, 1.807) is 4.68 Å². The molecule has 4 aromatic rings. The molecule has 1 aromatic heterocycles. The van der Waals surface area contributed by atoms with E-state index in [4.69, 9.17) is 31.2 Å². The van der Waals surface area contributed by atoms with Crippen molar-refractivity contribution in [2.45, 2.75) is 63.9 Å². The van der Waals surface area contributed by atoms with Crippen molar-refractivity contribution < 1.29 is 14.3 Å². The topological polar surface area (TPSA) is 90.3 Å². The second kappa shape index (κ2) is 14.7. The van der Waals surface area contributed by atoms with Crippen LogP contribution in [0.4, 0.5) is 11.6 Å². The quantitative estimate of drug-likeness (QED) is 0.113. The molecule has 8 nitrogen and oxygen atoms in total. The van der Waals surface area contributed by atoms with Crippen molar-refractivity contribution in [3.05, 3.63) is 99.7 Å². The zero-order valence-corrected chi connectivity index (χ0v) is 27.1. The third-order valence-electron chi connectivity index (χ3n) is 7.37. The molecule has 0 aliphatic carbocycles. The van der Waals surface area contributed by atoms with E-state index in [0.29, 0.717) is 57.9 Å². The van der Waals surface area contributed by atoms with Crippen LogP contribution < -0.4 is 20.1 Å². The number of unbranched alkanes of at least 4 members (excludes halogenated alkanes) is 2. The number of fused-ring (bicyclic) bond motifs is 1. The molecule has 2 heterocycles. The molecule has 0 radical (unpaired) electrons. The average molecular weight is 632 g/mol. The highest BCUT2D eigenvalue weighted by molar-refractivity contribution is 7.98. The number of nitrogens with zero attached hydrogens (tertiary/aromatic N) is 3. The van der Waals surface area contributed by atoms with Crippen molar-refractivity contribution in [2.24, 2.45) is 0 Å². The predicted molar refractivity (Wildman–Crippen MR) is 178 cm³/mol. The number of aryl methyl sites for hydroxylation is 1. The molecule has 1 amide bonds. The minimum Gasteiger partial charge on any atom is -0.490 e. The van der Waals surface area contributed by atoms with Crippen LogP contribution in [0.1, 0.15) is 62.8 Å². The van der Waals surface area contributed by atoms with Gasteiger partial charge in [-0.1, -0.05) is 85.6 Å². The monoisotopic (exact) mass is 631 g/mol. The Morgan fingerprint density at radius 1 is 1.02 bits per heavy atom. The van der Waals surface area contributed by atoms with E-state index in [9.17, 15) is 4.79 Å². The van der Waals surface area contributed by atoms with E-state index in [2.05, 4.69) is 17.6 Å². The lowest BCUT2D eigenvalue weighted by atomic mass is 9.94. The minimum atomic E-state index is -0.564. The summed E-state index contributed by atoms with van der Waals surface area (Å²) in [6, 6.07) is 20.8. The Labute approximate surface area is 268 Å². The number of nitrogens with one attached hydrogen (secondary N) is 2. The SMILES string of the molecule is CCCCCOc1ccc(C2C(C(=O)Nc3ccccc3C)=C(C)Nc3nc(SCc4ccccc4Cl)nn32)cc1OCC. The number of hydrogen-bond acceptors (Lipinski definition) is 7. The van der Waals surface area contributed by atoms with Gasteiger partial charge < -0.3 is 20.1 Å². The van der Waals surface area contributed by atoms with Crippen LogP contribution in [0.2, 0.25) is 5.02 Å². The van der Waals surface area contributed by atoms with Crippen LogP contribution in [0.3, 0.4) is 0 Å². The molecular weight excluding hydrogens is 594 g/mol. The Hall–Kier alpha value is -3.95. The first-order valence-electron chi connectivity index (χ1n) is 15.0. The highest BCUT2D eigenvalue weighted by atomic mass is 35.5. The summed E-state index contributed by atoms with van der Waals surface area (Å²) in [4.78, 5) is 18.8. The maximum Gasteiger partial charge on any atom is 0.255 e. The zero-order valence-electron chi connectivity index (χ0n) is 25.5. The van der Waals surface area contributed by atoms with Gasteiger partial charge in [0.15, 0.2) is 11.5 Å². The second-order valence-electron chi connectivity index (χ2n) is 10.6.